The van der Waals surface area contributed by atoms with Gasteiger partial charge in [0.25, 0.3) is 0 Å². The van der Waals surface area contributed by atoms with Crippen LogP contribution in [0.15, 0.2) is 113 Å². The van der Waals surface area contributed by atoms with Gasteiger partial charge in [-0.1, -0.05) is 78.9 Å². The molecule has 1 aliphatic heterocycles. The first-order chi connectivity index (χ1) is 19.3. The lowest BCUT2D eigenvalue weighted by Crippen LogP contribution is -2.16. The highest BCUT2D eigenvalue weighted by molar-refractivity contribution is 6.06. The van der Waals surface area contributed by atoms with E-state index in [4.69, 9.17) is 24.4 Å². The van der Waals surface area contributed by atoms with Crippen LogP contribution in [0.3, 0.4) is 0 Å². The van der Waals surface area contributed by atoms with E-state index >= 15 is 0 Å². The van der Waals surface area contributed by atoms with Gasteiger partial charge in [0.2, 0.25) is 5.71 Å². The summed E-state index contributed by atoms with van der Waals surface area (Å²) >= 11 is 0. The predicted octanol–water partition coefficient (Wildman–Crippen LogP) is 7.49. The minimum Gasteiger partial charge on any atom is -0.434 e. The van der Waals surface area contributed by atoms with Crippen LogP contribution in [0, 0.1) is 5.92 Å². The van der Waals surface area contributed by atoms with Crippen LogP contribution in [0.25, 0.3) is 62.2 Å². The fraction of sp³-hybridized carbons (Fsp3) is 0.0606. The highest BCUT2D eigenvalue weighted by atomic mass is 16.3. The average molecular weight is 504 g/mol. The zero-order valence-electron chi connectivity index (χ0n) is 20.8. The molecular weight excluding hydrogens is 482 g/mol. The van der Waals surface area contributed by atoms with E-state index in [9.17, 15) is 0 Å². The summed E-state index contributed by atoms with van der Waals surface area (Å²) < 4.78 is 6.18. The van der Waals surface area contributed by atoms with Crippen LogP contribution >= 0.6 is 0 Å². The Morgan fingerprint density at radius 3 is 2.49 bits per heavy atom. The largest absolute Gasteiger partial charge is 0.434 e. The van der Waals surface area contributed by atoms with Crippen molar-refractivity contribution in [2.24, 2.45) is 10.9 Å². The Hall–Kier alpha value is -5.23. The topological polar surface area (TPSA) is 77.1 Å². The SMILES string of the molecule is C1=CC2C=Cc3ccc(-c4ccc(-c5nc(-c6ccccc6)nc6c5oc5ncccc56)cc4)nc3C2N=C1. The molecule has 6 nitrogen and oxygen atoms in total. The molecule has 1 aliphatic carbocycles. The number of rotatable bonds is 3. The molecule has 184 valence electrons. The van der Waals surface area contributed by atoms with Gasteiger partial charge in [0.15, 0.2) is 11.4 Å². The molecule has 5 heterocycles. The lowest BCUT2D eigenvalue weighted by molar-refractivity contribution is 0.594. The van der Waals surface area contributed by atoms with Crippen molar-refractivity contribution in [2.75, 3.05) is 0 Å². The molecule has 0 radical (unpaired) electrons. The van der Waals surface area contributed by atoms with E-state index in [2.05, 4.69) is 59.6 Å². The fourth-order valence-corrected chi connectivity index (χ4v) is 5.38. The molecule has 6 aromatic rings. The standard InChI is InChI=1S/C33H21N5O/c1-2-6-24(7-3-1)32-37-29(31-30(38-32)25-9-5-19-35-33(25)39-31)23-12-10-20(11-13-23)26-17-16-22-15-14-21-8-4-18-34-27(21)28(22)36-26/h1-19,21,27H. The molecule has 0 fully saturated rings. The number of hydrogen-bond donors (Lipinski definition) is 0. The predicted molar refractivity (Wildman–Crippen MR) is 154 cm³/mol. The van der Waals surface area contributed by atoms with Gasteiger partial charge < -0.3 is 4.42 Å². The summed E-state index contributed by atoms with van der Waals surface area (Å²) in [5.41, 5.74) is 8.65. The first-order valence-corrected chi connectivity index (χ1v) is 12.9. The molecule has 2 unspecified atom stereocenters. The van der Waals surface area contributed by atoms with Crippen molar-refractivity contribution >= 4 is 34.5 Å². The quantitative estimate of drug-likeness (QED) is 0.250. The number of nitrogens with zero attached hydrogens (tertiary/aromatic N) is 5. The second kappa shape index (κ2) is 8.67. The molecular formula is C33H21N5O. The molecule has 2 aliphatic rings. The molecule has 2 aromatic carbocycles. The summed E-state index contributed by atoms with van der Waals surface area (Å²) in [5.74, 6) is 0.902. The van der Waals surface area contributed by atoms with Crippen molar-refractivity contribution in [2.45, 2.75) is 6.04 Å². The van der Waals surface area contributed by atoms with Gasteiger partial charge >= 0.3 is 0 Å². The monoisotopic (exact) mass is 503 g/mol. The molecule has 0 amide bonds. The Bertz CT molecular complexity index is 1970. The van der Waals surface area contributed by atoms with Crippen LogP contribution in [-0.2, 0) is 0 Å². The first kappa shape index (κ1) is 21.8. The Balaban J connectivity index is 1.24. The molecule has 6 heteroatoms. The summed E-state index contributed by atoms with van der Waals surface area (Å²) in [6.45, 7) is 0. The zero-order chi connectivity index (χ0) is 25.8. The van der Waals surface area contributed by atoms with Crippen LogP contribution in [-0.4, -0.2) is 26.2 Å². The minimum atomic E-state index is 0.0293. The molecule has 39 heavy (non-hydrogen) atoms. The normalized spacial score (nSPS) is 17.4. The van der Waals surface area contributed by atoms with Gasteiger partial charge in [-0.15, -0.1) is 0 Å². The van der Waals surface area contributed by atoms with Crippen molar-refractivity contribution in [1.29, 1.82) is 0 Å². The maximum Gasteiger partial charge on any atom is 0.229 e. The van der Waals surface area contributed by atoms with Gasteiger partial charge in [-0.05, 0) is 29.8 Å². The number of furan rings is 1. The van der Waals surface area contributed by atoms with Gasteiger partial charge in [0.05, 0.1) is 16.8 Å². The minimum absolute atomic E-state index is 0.0293. The van der Waals surface area contributed by atoms with Gasteiger partial charge in [0, 0.05) is 35.0 Å². The third kappa shape index (κ3) is 3.61. The number of benzene rings is 2. The van der Waals surface area contributed by atoms with Crippen LogP contribution in [0.5, 0.6) is 0 Å². The number of hydrogen-bond acceptors (Lipinski definition) is 6. The average Bonchev–Trinajstić information content (AvgIpc) is 3.39. The zero-order valence-corrected chi connectivity index (χ0v) is 20.8. The smallest absolute Gasteiger partial charge is 0.229 e. The lowest BCUT2D eigenvalue weighted by Gasteiger charge is -2.25. The van der Waals surface area contributed by atoms with Crippen LogP contribution in [0.1, 0.15) is 17.3 Å². The first-order valence-electron chi connectivity index (χ1n) is 12.9. The maximum atomic E-state index is 6.18. The molecule has 0 saturated carbocycles. The molecule has 2 atom stereocenters. The summed E-state index contributed by atoms with van der Waals surface area (Å²) in [6.07, 6.45) is 12.1. The van der Waals surface area contributed by atoms with E-state index < -0.39 is 0 Å². The van der Waals surface area contributed by atoms with E-state index in [1.807, 2.05) is 54.8 Å². The van der Waals surface area contributed by atoms with Crippen LogP contribution < -0.4 is 0 Å². The Morgan fingerprint density at radius 2 is 1.59 bits per heavy atom. The number of aliphatic imine (C=N–C) groups is 1. The number of fused-ring (bicyclic) bond motifs is 6. The second-order valence-corrected chi connectivity index (χ2v) is 9.71. The van der Waals surface area contributed by atoms with Gasteiger partial charge in [-0.25, -0.2) is 19.9 Å². The molecule has 0 N–H and O–H groups in total. The highest BCUT2D eigenvalue weighted by Crippen LogP contribution is 2.38. The van der Waals surface area contributed by atoms with E-state index in [0.717, 1.165) is 50.2 Å². The highest BCUT2D eigenvalue weighted by Gasteiger charge is 2.27. The molecule has 0 bridgehead atoms. The van der Waals surface area contributed by atoms with Crippen molar-refractivity contribution < 1.29 is 4.42 Å². The lowest BCUT2D eigenvalue weighted by atomic mass is 9.87. The van der Waals surface area contributed by atoms with E-state index in [0.29, 0.717) is 17.1 Å². The number of pyridine rings is 2. The van der Waals surface area contributed by atoms with Crippen molar-refractivity contribution in [3.8, 4) is 33.9 Å². The van der Waals surface area contributed by atoms with Crippen LogP contribution in [0.2, 0.25) is 0 Å². The fourth-order valence-electron chi connectivity index (χ4n) is 5.38. The van der Waals surface area contributed by atoms with Gasteiger partial charge in [-0.2, -0.15) is 0 Å². The van der Waals surface area contributed by atoms with Gasteiger partial charge in [-0.3, -0.25) is 4.99 Å². The molecule has 0 spiro atoms. The number of aromatic nitrogens is 4. The van der Waals surface area contributed by atoms with E-state index in [1.165, 1.54) is 0 Å². The molecule has 8 rings (SSSR count). The van der Waals surface area contributed by atoms with Crippen molar-refractivity contribution in [1.82, 2.24) is 19.9 Å². The second-order valence-electron chi connectivity index (χ2n) is 9.71. The van der Waals surface area contributed by atoms with E-state index in [-0.39, 0.29) is 12.0 Å². The third-order valence-corrected chi connectivity index (χ3v) is 7.34. The van der Waals surface area contributed by atoms with Crippen molar-refractivity contribution in [3.63, 3.8) is 0 Å². The maximum absolute atomic E-state index is 6.18. The number of dihydropyridines is 1. The molecule has 0 saturated heterocycles. The summed E-state index contributed by atoms with van der Waals surface area (Å²) in [7, 11) is 0. The Labute approximate surface area is 224 Å². The van der Waals surface area contributed by atoms with Gasteiger partial charge in [0.1, 0.15) is 17.3 Å². The summed E-state index contributed by atoms with van der Waals surface area (Å²) in [4.78, 5) is 24.0. The van der Waals surface area contributed by atoms with E-state index in [1.54, 1.807) is 6.20 Å². The van der Waals surface area contributed by atoms with Crippen LogP contribution in [0.4, 0.5) is 0 Å². The summed E-state index contributed by atoms with van der Waals surface area (Å²) in [6, 6.07) is 26.4. The third-order valence-electron chi connectivity index (χ3n) is 7.34. The Kier molecular flexibility index (Phi) is 4.85. The Morgan fingerprint density at radius 1 is 0.718 bits per heavy atom. The molecule has 4 aromatic heterocycles. The number of allylic oxidation sites excluding steroid dienone is 1. The summed E-state index contributed by atoms with van der Waals surface area (Å²) in [5, 5.41) is 0.871. The van der Waals surface area contributed by atoms with Crippen molar-refractivity contribution in [3.05, 3.63) is 115 Å².